The number of carbonyl (C=O) groups is 1. The summed E-state index contributed by atoms with van der Waals surface area (Å²) in [4.78, 5) is 16.5. The highest BCUT2D eigenvalue weighted by molar-refractivity contribution is 5.94. The Labute approximate surface area is 136 Å². The zero-order valence-electron chi connectivity index (χ0n) is 13.9. The number of methoxy groups -OCH3 is 2. The van der Waals surface area contributed by atoms with Crippen molar-refractivity contribution in [3.05, 3.63) is 48.2 Å². The summed E-state index contributed by atoms with van der Waals surface area (Å²) in [5.41, 5.74) is 1.85. The van der Waals surface area contributed by atoms with E-state index in [-0.39, 0.29) is 5.91 Å². The van der Waals surface area contributed by atoms with Gasteiger partial charge in [-0.2, -0.15) is 0 Å². The van der Waals surface area contributed by atoms with E-state index in [1.807, 2.05) is 44.2 Å². The van der Waals surface area contributed by atoms with Crippen LogP contribution < -0.4 is 10.1 Å². The second-order valence-corrected chi connectivity index (χ2v) is 5.81. The number of hydrogen-bond acceptors (Lipinski definition) is 4. The molecule has 0 fully saturated rings. The van der Waals surface area contributed by atoms with Crippen molar-refractivity contribution >= 4 is 5.91 Å². The first kappa shape index (κ1) is 17.0. The van der Waals surface area contributed by atoms with Gasteiger partial charge in [-0.3, -0.25) is 9.78 Å². The fourth-order valence-corrected chi connectivity index (χ4v) is 1.95. The predicted molar refractivity (Wildman–Crippen MR) is 89.6 cm³/mol. The molecule has 1 N–H and O–H groups in total. The molecule has 1 amide bonds. The number of hydrogen-bond donors (Lipinski definition) is 1. The smallest absolute Gasteiger partial charge is 0.252 e. The average molecular weight is 314 g/mol. The van der Waals surface area contributed by atoms with Crippen molar-refractivity contribution in [2.24, 2.45) is 0 Å². The number of nitrogens with one attached hydrogen (secondary N) is 1. The molecule has 1 aromatic carbocycles. The van der Waals surface area contributed by atoms with E-state index >= 15 is 0 Å². The van der Waals surface area contributed by atoms with Gasteiger partial charge in [-0.25, -0.2) is 0 Å². The zero-order valence-corrected chi connectivity index (χ0v) is 13.9. The molecule has 0 unspecified atom stereocenters. The highest BCUT2D eigenvalue weighted by atomic mass is 16.5. The Morgan fingerprint density at radius 3 is 2.61 bits per heavy atom. The maximum Gasteiger partial charge on any atom is 0.252 e. The third-order valence-corrected chi connectivity index (χ3v) is 3.62. The summed E-state index contributed by atoms with van der Waals surface area (Å²) in [6.45, 7) is 4.26. The summed E-state index contributed by atoms with van der Waals surface area (Å²) in [6, 6.07) is 11.2. The first-order valence-corrected chi connectivity index (χ1v) is 7.39. The largest absolute Gasteiger partial charge is 0.497 e. The minimum atomic E-state index is -0.399. The van der Waals surface area contributed by atoms with Crippen molar-refractivity contribution in [2.75, 3.05) is 20.8 Å². The summed E-state index contributed by atoms with van der Waals surface area (Å²) in [7, 11) is 3.25. The number of carbonyl (C=O) groups excluding carboxylic acids is 1. The van der Waals surface area contributed by atoms with Gasteiger partial charge in [-0.05, 0) is 38.1 Å². The van der Waals surface area contributed by atoms with Crippen LogP contribution in [0.1, 0.15) is 24.2 Å². The van der Waals surface area contributed by atoms with E-state index in [1.54, 1.807) is 26.5 Å². The molecule has 5 heteroatoms. The first-order chi connectivity index (χ1) is 10.9. The topological polar surface area (TPSA) is 60.5 Å². The lowest BCUT2D eigenvalue weighted by molar-refractivity contribution is 0.0228. The van der Waals surface area contributed by atoms with Gasteiger partial charge in [-0.1, -0.05) is 12.1 Å². The summed E-state index contributed by atoms with van der Waals surface area (Å²) < 4.78 is 10.5. The Kier molecular flexibility index (Phi) is 5.34. The monoisotopic (exact) mass is 314 g/mol. The molecular weight excluding hydrogens is 292 g/mol. The number of benzene rings is 1. The maximum absolute atomic E-state index is 12.1. The predicted octanol–water partition coefficient (Wildman–Crippen LogP) is 2.91. The molecule has 2 aromatic rings. The highest BCUT2D eigenvalue weighted by Gasteiger charge is 2.18. The van der Waals surface area contributed by atoms with Crippen molar-refractivity contribution in [2.45, 2.75) is 19.4 Å². The molecule has 122 valence electrons. The minimum absolute atomic E-state index is 0.167. The molecule has 2 rings (SSSR count). The molecule has 0 radical (unpaired) electrons. The van der Waals surface area contributed by atoms with Crippen LogP contribution in [0.2, 0.25) is 0 Å². The van der Waals surface area contributed by atoms with Crippen LogP contribution in [0.3, 0.4) is 0 Å². The van der Waals surface area contributed by atoms with Crippen LogP contribution in [0, 0.1) is 0 Å². The van der Waals surface area contributed by atoms with Crippen LogP contribution in [0.25, 0.3) is 11.3 Å². The number of rotatable bonds is 6. The van der Waals surface area contributed by atoms with E-state index in [1.165, 1.54) is 0 Å². The number of pyridine rings is 1. The normalized spacial score (nSPS) is 11.1. The molecular formula is C18H22N2O3. The Hall–Kier alpha value is -2.40. The van der Waals surface area contributed by atoms with Gasteiger partial charge in [0.1, 0.15) is 5.75 Å². The molecule has 0 aliphatic carbocycles. The van der Waals surface area contributed by atoms with Crippen molar-refractivity contribution < 1.29 is 14.3 Å². The lowest BCUT2D eigenvalue weighted by atomic mass is 10.1. The van der Waals surface area contributed by atoms with E-state index in [9.17, 15) is 4.79 Å². The van der Waals surface area contributed by atoms with Gasteiger partial charge < -0.3 is 14.8 Å². The van der Waals surface area contributed by atoms with Crippen LogP contribution in [0.4, 0.5) is 0 Å². The number of aromatic nitrogens is 1. The fourth-order valence-electron chi connectivity index (χ4n) is 1.95. The molecule has 0 atom stereocenters. The quantitative estimate of drug-likeness (QED) is 0.890. The Morgan fingerprint density at radius 2 is 2.00 bits per heavy atom. The zero-order chi connectivity index (χ0) is 16.9. The van der Waals surface area contributed by atoms with E-state index < -0.39 is 5.60 Å². The average Bonchev–Trinajstić information content (AvgIpc) is 2.60. The molecule has 5 nitrogen and oxygen atoms in total. The summed E-state index contributed by atoms with van der Waals surface area (Å²) >= 11 is 0. The SMILES string of the molecule is COc1cccc(-c2ccc(C(=O)NCC(C)(C)OC)cn2)c1. The number of amides is 1. The van der Waals surface area contributed by atoms with Gasteiger partial charge in [0.2, 0.25) is 0 Å². The Bertz CT molecular complexity index is 666. The summed E-state index contributed by atoms with van der Waals surface area (Å²) in [6.07, 6.45) is 1.57. The lowest BCUT2D eigenvalue weighted by Crippen LogP contribution is -2.39. The molecule has 23 heavy (non-hydrogen) atoms. The standard InChI is InChI=1S/C18H22N2O3/c1-18(2,23-4)12-20-17(21)14-8-9-16(19-11-14)13-6-5-7-15(10-13)22-3/h5-11H,12H2,1-4H3,(H,20,21). The lowest BCUT2D eigenvalue weighted by Gasteiger charge is -2.23. The molecule has 0 saturated carbocycles. The van der Waals surface area contributed by atoms with Gasteiger partial charge >= 0.3 is 0 Å². The van der Waals surface area contributed by atoms with E-state index in [0.29, 0.717) is 12.1 Å². The van der Waals surface area contributed by atoms with Crippen molar-refractivity contribution in [3.63, 3.8) is 0 Å². The maximum atomic E-state index is 12.1. The minimum Gasteiger partial charge on any atom is -0.497 e. The van der Waals surface area contributed by atoms with Gasteiger partial charge in [0.25, 0.3) is 5.91 Å². The van der Waals surface area contributed by atoms with Gasteiger partial charge in [-0.15, -0.1) is 0 Å². The molecule has 0 aliphatic rings. The number of nitrogens with zero attached hydrogens (tertiary/aromatic N) is 1. The molecule has 1 aromatic heterocycles. The Balaban J connectivity index is 2.08. The van der Waals surface area contributed by atoms with Crippen molar-refractivity contribution in [3.8, 4) is 17.0 Å². The second-order valence-electron chi connectivity index (χ2n) is 5.81. The van der Waals surface area contributed by atoms with Gasteiger partial charge in [0.15, 0.2) is 0 Å². The van der Waals surface area contributed by atoms with Crippen LogP contribution in [-0.4, -0.2) is 37.3 Å². The van der Waals surface area contributed by atoms with E-state index in [2.05, 4.69) is 10.3 Å². The summed E-state index contributed by atoms with van der Waals surface area (Å²) in [5.74, 6) is 0.604. The summed E-state index contributed by atoms with van der Waals surface area (Å²) in [5, 5.41) is 2.84. The van der Waals surface area contributed by atoms with Crippen LogP contribution in [0.5, 0.6) is 5.75 Å². The molecule has 0 bridgehead atoms. The first-order valence-electron chi connectivity index (χ1n) is 7.39. The number of ether oxygens (including phenoxy) is 2. The van der Waals surface area contributed by atoms with Crippen LogP contribution in [0.15, 0.2) is 42.6 Å². The Morgan fingerprint density at radius 1 is 1.22 bits per heavy atom. The molecule has 0 saturated heterocycles. The second kappa shape index (κ2) is 7.24. The van der Waals surface area contributed by atoms with Gasteiger partial charge in [0.05, 0.1) is 24.0 Å². The highest BCUT2D eigenvalue weighted by Crippen LogP contribution is 2.22. The fraction of sp³-hybridized carbons (Fsp3) is 0.333. The van der Waals surface area contributed by atoms with Crippen LogP contribution in [-0.2, 0) is 4.74 Å². The van der Waals surface area contributed by atoms with Crippen molar-refractivity contribution in [1.82, 2.24) is 10.3 Å². The van der Waals surface area contributed by atoms with E-state index in [0.717, 1.165) is 17.0 Å². The van der Waals surface area contributed by atoms with Crippen molar-refractivity contribution in [1.29, 1.82) is 0 Å². The van der Waals surface area contributed by atoms with Crippen LogP contribution >= 0.6 is 0 Å². The van der Waals surface area contributed by atoms with Gasteiger partial charge in [0, 0.05) is 25.4 Å². The van der Waals surface area contributed by atoms with E-state index in [4.69, 9.17) is 9.47 Å². The molecule has 1 heterocycles. The third-order valence-electron chi connectivity index (χ3n) is 3.62. The third kappa shape index (κ3) is 4.53. The molecule has 0 spiro atoms. The molecule has 0 aliphatic heterocycles.